The molecule has 0 saturated carbocycles. The summed E-state index contributed by atoms with van der Waals surface area (Å²) < 4.78 is 10.3. The number of rotatable bonds is 9. The first kappa shape index (κ1) is 14.5. The van der Waals surface area contributed by atoms with Crippen molar-refractivity contribution in [1.82, 2.24) is 10.6 Å². The monoisotopic (exact) mass is 252 g/mol. The van der Waals surface area contributed by atoms with E-state index in [4.69, 9.17) is 9.47 Å². The zero-order chi connectivity index (χ0) is 13.1. The van der Waals surface area contributed by atoms with Crippen molar-refractivity contribution in [3.05, 3.63) is 30.3 Å². The molecule has 0 aliphatic carbocycles. The number of nitrogens with one attached hydrogen (secondary N) is 2. The van der Waals surface area contributed by atoms with Crippen molar-refractivity contribution in [3.8, 4) is 5.75 Å². The molecular weight excluding hydrogens is 232 g/mol. The Morgan fingerprint density at radius 3 is 2.67 bits per heavy atom. The van der Waals surface area contributed by atoms with Crippen LogP contribution in [0.1, 0.15) is 0 Å². The van der Waals surface area contributed by atoms with Gasteiger partial charge in [-0.2, -0.15) is 0 Å². The summed E-state index contributed by atoms with van der Waals surface area (Å²) in [5, 5.41) is 5.73. The van der Waals surface area contributed by atoms with E-state index in [9.17, 15) is 4.79 Å². The molecule has 0 saturated heterocycles. The summed E-state index contributed by atoms with van der Waals surface area (Å²) in [6, 6.07) is 9.52. The van der Waals surface area contributed by atoms with Gasteiger partial charge in [-0.3, -0.25) is 4.79 Å². The molecule has 0 atom stereocenters. The smallest absolute Gasteiger partial charge is 0.234 e. The molecule has 5 nitrogen and oxygen atoms in total. The van der Waals surface area contributed by atoms with Gasteiger partial charge in [0.25, 0.3) is 0 Å². The van der Waals surface area contributed by atoms with Crippen LogP contribution in [0.3, 0.4) is 0 Å². The average Bonchev–Trinajstić information content (AvgIpc) is 2.41. The summed E-state index contributed by atoms with van der Waals surface area (Å²) in [6.45, 7) is 2.54. The molecule has 5 heteroatoms. The molecule has 0 aromatic heterocycles. The third-order valence-electron chi connectivity index (χ3n) is 2.20. The minimum Gasteiger partial charge on any atom is -0.492 e. The SMILES string of the molecule is COCCNCC(=O)NCCOc1ccccc1. The molecule has 0 bridgehead atoms. The number of carbonyl (C=O) groups excluding carboxylic acids is 1. The summed E-state index contributed by atoms with van der Waals surface area (Å²) in [7, 11) is 1.63. The Labute approximate surface area is 107 Å². The van der Waals surface area contributed by atoms with Crippen molar-refractivity contribution < 1.29 is 14.3 Å². The van der Waals surface area contributed by atoms with E-state index in [1.54, 1.807) is 7.11 Å². The lowest BCUT2D eigenvalue weighted by Crippen LogP contribution is -2.37. The second-order valence-corrected chi connectivity index (χ2v) is 3.68. The summed E-state index contributed by atoms with van der Waals surface area (Å²) in [4.78, 5) is 11.3. The number of methoxy groups -OCH3 is 1. The van der Waals surface area contributed by atoms with Crippen molar-refractivity contribution in [2.45, 2.75) is 0 Å². The molecule has 18 heavy (non-hydrogen) atoms. The summed E-state index contributed by atoms with van der Waals surface area (Å²) >= 11 is 0. The first-order valence-corrected chi connectivity index (χ1v) is 5.97. The molecular formula is C13H20N2O3. The minimum absolute atomic E-state index is 0.0391. The van der Waals surface area contributed by atoms with Gasteiger partial charge in [0.1, 0.15) is 12.4 Å². The van der Waals surface area contributed by atoms with Crippen LogP contribution >= 0.6 is 0 Å². The number of amides is 1. The highest BCUT2D eigenvalue weighted by atomic mass is 16.5. The quantitative estimate of drug-likeness (QED) is 0.625. The lowest BCUT2D eigenvalue weighted by molar-refractivity contribution is -0.120. The predicted molar refractivity (Wildman–Crippen MR) is 69.7 cm³/mol. The van der Waals surface area contributed by atoms with Crippen LogP contribution in [0.2, 0.25) is 0 Å². The topological polar surface area (TPSA) is 59.6 Å². The Morgan fingerprint density at radius 2 is 1.94 bits per heavy atom. The van der Waals surface area contributed by atoms with E-state index in [0.717, 1.165) is 5.75 Å². The van der Waals surface area contributed by atoms with Gasteiger partial charge in [-0.1, -0.05) is 18.2 Å². The number of para-hydroxylation sites is 1. The highest BCUT2D eigenvalue weighted by Gasteiger charge is 1.99. The van der Waals surface area contributed by atoms with E-state index in [1.807, 2.05) is 30.3 Å². The fraction of sp³-hybridized carbons (Fsp3) is 0.462. The van der Waals surface area contributed by atoms with Crippen LogP contribution in [0.5, 0.6) is 5.75 Å². The van der Waals surface area contributed by atoms with Crippen molar-refractivity contribution in [1.29, 1.82) is 0 Å². The lowest BCUT2D eigenvalue weighted by atomic mass is 10.3. The fourth-order valence-corrected chi connectivity index (χ4v) is 1.31. The molecule has 0 unspecified atom stereocenters. The largest absolute Gasteiger partial charge is 0.492 e. The molecule has 1 aromatic rings. The van der Waals surface area contributed by atoms with Gasteiger partial charge in [-0.05, 0) is 12.1 Å². The van der Waals surface area contributed by atoms with Gasteiger partial charge in [0, 0.05) is 13.7 Å². The van der Waals surface area contributed by atoms with Crippen molar-refractivity contribution in [2.24, 2.45) is 0 Å². The maximum atomic E-state index is 11.3. The van der Waals surface area contributed by atoms with Gasteiger partial charge in [-0.15, -0.1) is 0 Å². The first-order chi connectivity index (χ1) is 8.83. The average molecular weight is 252 g/mol. The zero-order valence-electron chi connectivity index (χ0n) is 10.6. The maximum Gasteiger partial charge on any atom is 0.234 e. The summed E-state index contributed by atoms with van der Waals surface area (Å²) in [5.74, 6) is 0.771. The number of hydrogen-bond acceptors (Lipinski definition) is 4. The van der Waals surface area contributed by atoms with Crippen LogP contribution in [0, 0.1) is 0 Å². The second-order valence-electron chi connectivity index (χ2n) is 3.68. The van der Waals surface area contributed by atoms with Crippen LogP contribution in [0.4, 0.5) is 0 Å². The van der Waals surface area contributed by atoms with E-state index in [-0.39, 0.29) is 5.91 Å². The van der Waals surface area contributed by atoms with Crippen molar-refractivity contribution >= 4 is 5.91 Å². The number of carbonyl (C=O) groups is 1. The summed E-state index contributed by atoms with van der Waals surface area (Å²) in [5.41, 5.74) is 0. The molecule has 1 amide bonds. The Morgan fingerprint density at radius 1 is 1.17 bits per heavy atom. The van der Waals surface area contributed by atoms with Crippen LogP contribution < -0.4 is 15.4 Å². The van der Waals surface area contributed by atoms with Gasteiger partial charge in [0.15, 0.2) is 0 Å². The van der Waals surface area contributed by atoms with Gasteiger partial charge in [-0.25, -0.2) is 0 Å². The second kappa shape index (κ2) is 9.44. The van der Waals surface area contributed by atoms with Gasteiger partial charge >= 0.3 is 0 Å². The molecule has 0 radical (unpaired) electrons. The molecule has 0 spiro atoms. The number of benzene rings is 1. The Balaban J connectivity index is 1.99. The number of ether oxygens (including phenoxy) is 2. The lowest BCUT2D eigenvalue weighted by Gasteiger charge is -2.08. The normalized spacial score (nSPS) is 10.1. The van der Waals surface area contributed by atoms with E-state index < -0.39 is 0 Å². The molecule has 0 aliphatic rings. The van der Waals surface area contributed by atoms with Crippen molar-refractivity contribution in [3.63, 3.8) is 0 Å². The first-order valence-electron chi connectivity index (χ1n) is 5.97. The van der Waals surface area contributed by atoms with Crippen LogP contribution in [-0.4, -0.2) is 45.9 Å². The molecule has 2 N–H and O–H groups in total. The van der Waals surface area contributed by atoms with Gasteiger partial charge < -0.3 is 20.1 Å². The Kier molecular flexibility index (Phi) is 7.59. The zero-order valence-corrected chi connectivity index (χ0v) is 10.6. The third-order valence-corrected chi connectivity index (χ3v) is 2.20. The van der Waals surface area contributed by atoms with Gasteiger partial charge in [0.2, 0.25) is 5.91 Å². The van der Waals surface area contributed by atoms with E-state index in [2.05, 4.69) is 10.6 Å². The van der Waals surface area contributed by atoms with Crippen LogP contribution in [0.15, 0.2) is 30.3 Å². The molecule has 1 aromatic carbocycles. The van der Waals surface area contributed by atoms with Crippen LogP contribution in [-0.2, 0) is 9.53 Å². The van der Waals surface area contributed by atoms with Crippen molar-refractivity contribution in [2.75, 3.05) is 40.0 Å². The van der Waals surface area contributed by atoms with Crippen LogP contribution in [0.25, 0.3) is 0 Å². The Bertz CT molecular complexity index is 330. The highest BCUT2D eigenvalue weighted by molar-refractivity contribution is 5.77. The van der Waals surface area contributed by atoms with Gasteiger partial charge in [0.05, 0.1) is 19.7 Å². The summed E-state index contributed by atoms with van der Waals surface area (Å²) in [6.07, 6.45) is 0. The molecule has 100 valence electrons. The Hall–Kier alpha value is -1.59. The fourth-order valence-electron chi connectivity index (χ4n) is 1.31. The molecule has 0 fully saturated rings. The standard InChI is InChI=1S/C13H20N2O3/c1-17-9-7-14-11-13(16)15-8-10-18-12-5-3-2-4-6-12/h2-6,14H,7-11H2,1H3,(H,15,16). The molecule has 0 heterocycles. The minimum atomic E-state index is -0.0391. The highest BCUT2D eigenvalue weighted by Crippen LogP contribution is 2.07. The van der Waals surface area contributed by atoms with E-state index in [1.165, 1.54) is 0 Å². The third kappa shape index (κ3) is 6.88. The maximum absolute atomic E-state index is 11.3. The molecule has 1 rings (SSSR count). The van der Waals surface area contributed by atoms with E-state index >= 15 is 0 Å². The molecule has 0 aliphatic heterocycles. The number of hydrogen-bond donors (Lipinski definition) is 2. The predicted octanol–water partition coefficient (Wildman–Crippen LogP) is 0.418. The van der Waals surface area contributed by atoms with E-state index in [0.29, 0.717) is 32.8 Å².